The van der Waals surface area contributed by atoms with Crippen molar-refractivity contribution in [2.75, 3.05) is 13.1 Å². The largest absolute Gasteiger partial charge is 0.444 e. The van der Waals surface area contributed by atoms with Crippen LogP contribution in [0.25, 0.3) is 0 Å². The molecule has 0 radical (unpaired) electrons. The van der Waals surface area contributed by atoms with Gasteiger partial charge in [0.05, 0.1) is 0 Å². The van der Waals surface area contributed by atoms with Crippen molar-refractivity contribution in [1.82, 2.24) is 15.5 Å². The molecule has 1 aliphatic rings. The second kappa shape index (κ2) is 9.06. The molecule has 0 aliphatic carbocycles. The van der Waals surface area contributed by atoms with Gasteiger partial charge in [0.2, 0.25) is 11.8 Å². The standard InChI is InChI=1S/C18H33N3O4/c1-12(2)21(13(3)10-14-8-7-9-19-16(14)23)15(22)11-20-17(24)25-18(4,5)6/h12-14H,7-11H2,1-6H3,(H,19,23)(H,20,24)/t13-,14+/m1/s1. The summed E-state index contributed by atoms with van der Waals surface area (Å²) in [6.07, 6.45) is 1.84. The summed E-state index contributed by atoms with van der Waals surface area (Å²) in [5.41, 5.74) is -0.605. The Labute approximate surface area is 150 Å². The summed E-state index contributed by atoms with van der Waals surface area (Å²) in [5.74, 6) is -0.165. The normalized spacial score (nSPS) is 19.2. The molecule has 1 saturated heterocycles. The van der Waals surface area contributed by atoms with Crippen molar-refractivity contribution in [2.45, 2.75) is 78.5 Å². The molecule has 0 unspecified atom stereocenters. The third-order valence-corrected chi connectivity index (χ3v) is 4.13. The minimum atomic E-state index is -0.608. The van der Waals surface area contributed by atoms with Gasteiger partial charge in [-0.2, -0.15) is 0 Å². The molecule has 7 nitrogen and oxygen atoms in total. The molecule has 1 aliphatic heterocycles. The zero-order valence-corrected chi connectivity index (χ0v) is 16.3. The predicted molar refractivity (Wildman–Crippen MR) is 96.0 cm³/mol. The fraction of sp³-hybridized carbons (Fsp3) is 0.833. The summed E-state index contributed by atoms with van der Waals surface area (Å²) in [5, 5.41) is 5.39. The van der Waals surface area contributed by atoms with Crippen LogP contribution in [0.2, 0.25) is 0 Å². The smallest absolute Gasteiger partial charge is 0.408 e. The Morgan fingerprint density at radius 2 is 1.96 bits per heavy atom. The van der Waals surface area contributed by atoms with Gasteiger partial charge in [0.1, 0.15) is 12.1 Å². The average molecular weight is 355 g/mol. The van der Waals surface area contributed by atoms with Crippen LogP contribution >= 0.6 is 0 Å². The van der Waals surface area contributed by atoms with E-state index in [1.807, 2.05) is 20.8 Å². The first-order valence-electron chi connectivity index (χ1n) is 9.07. The lowest BCUT2D eigenvalue weighted by Crippen LogP contribution is -2.50. The summed E-state index contributed by atoms with van der Waals surface area (Å²) in [6.45, 7) is 11.7. The van der Waals surface area contributed by atoms with Crippen molar-refractivity contribution in [3.05, 3.63) is 0 Å². The third-order valence-electron chi connectivity index (χ3n) is 4.13. The van der Waals surface area contributed by atoms with E-state index in [1.54, 1.807) is 25.7 Å². The summed E-state index contributed by atoms with van der Waals surface area (Å²) < 4.78 is 5.15. The molecule has 25 heavy (non-hydrogen) atoms. The molecule has 2 atom stereocenters. The summed E-state index contributed by atoms with van der Waals surface area (Å²) in [4.78, 5) is 38.0. The number of hydrogen-bond acceptors (Lipinski definition) is 4. The molecule has 0 spiro atoms. The van der Waals surface area contributed by atoms with E-state index in [1.165, 1.54) is 0 Å². The second-order valence-corrected chi connectivity index (χ2v) is 7.97. The maximum atomic E-state index is 12.6. The monoisotopic (exact) mass is 355 g/mol. The van der Waals surface area contributed by atoms with E-state index in [0.29, 0.717) is 6.42 Å². The molecule has 1 heterocycles. The summed E-state index contributed by atoms with van der Waals surface area (Å²) in [6, 6.07) is -0.101. The second-order valence-electron chi connectivity index (χ2n) is 7.97. The Morgan fingerprint density at radius 1 is 1.32 bits per heavy atom. The molecule has 0 aromatic carbocycles. The fourth-order valence-electron chi connectivity index (χ4n) is 3.18. The third kappa shape index (κ3) is 7.32. The highest BCUT2D eigenvalue weighted by atomic mass is 16.6. The van der Waals surface area contributed by atoms with Crippen molar-refractivity contribution in [3.8, 4) is 0 Å². The number of carbonyl (C=O) groups excluding carboxylic acids is 3. The molecule has 144 valence electrons. The Balaban J connectivity index is 2.60. The molecular formula is C18H33N3O4. The number of alkyl carbamates (subject to hydrolysis) is 1. The zero-order chi connectivity index (χ0) is 19.2. The number of carbonyl (C=O) groups is 3. The van der Waals surface area contributed by atoms with Crippen molar-refractivity contribution in [3.63, 3.8) is 0 Å². The van der Waals surface area contributed by atoms with Crippen molar-refractivity contribution < 1.29 is 19.1 Å². The number of piperidine rings is 1. The quantitative estimate of drug-likeness (QED) is 0.763. The molecule has 1 rings (SSSR count). The van der Waals surface area contributed by atoms with Gasteiger partial charge in [-0.15, -0.1) is 0 Å². The summed E-state index contributed by atoms with van der Waals surface area (Å²) >= 11 is 0. The van der Waals surface area contributed by atoms with Gasteiger partial charge in [0, 0.05) is 24.5 Å². The van der Waals surface area contributed by atoms with E-state index < -0.39 is 11.7 Å². The molecule has 7 heteroatoms. The van der Waals surface area contributed by atoms with Crippen LogP contribution in [0.3, 0.4) is 0 Å². The van der Waals surface area contributed by atoms with E-state index in [4.69, 9.17) is 4.74 Å². The van der Waals surface area contributed by atoms with Gasteiger partial charge in [-0.3, -0.25) is 9.59 Å². The van der Waals surface area contributed by atoms with Gasteiger partial charge < -0.3 is 20.3 Å². The highest BCUT2D eigenvalue weighted by molar-refractivity contribution is 5.83. The van der Waals surface area contributed by atoms with Gasteiger partial charge in [-0.25, -0.2) is 4.79 Å². The van der Waals surface area contributed by atoms with E-state index in [0.717, 1.165) is 19.4 Å². The van der Waals surface area contributed by atoms with Crippen LogP contribution in [-0.4, -0.2) is 53.6 Å². The van der Waals surface area contributed by atoms with Gasteiger partial charge >= 0.3 is 6.09 Å². The van der Waals surface area contributed by atoms with E-state index in [-0.39, 0.29) is 36.4 Å². The maximum absolute atomic E-state index is 12.6. The van der Waals surface area contributed by atoms with Crippen LogP contribution in [0.15, 0.2) is 0 Å². The van der Waals surface area contributed by atoms with Gasteiger partial charge in [-0.1, -0.05) is 0 Å². The van der Waals surface area contributed by atoms with Crippen LogP contribution in [0.1, 0.15) is 60.8 Å². The Kier molecular flexibility index (Phi) is 7.70. The molecule has 1 fully saturated rings. The van der Waals surface area contributed by atoms with Crippen LogP contribution in [0.4, 0.5) is 4.79 Å². The van der Waals surface area contributed by atoms with E-state index >= 15 is 0 Å². The number of nitrogens with zero attached hydrogens (tertiary/aromatic N) is 1. The minimum Gasteiger partial charge on any atom is -0.444 e. The molecule has 2 N–H and O–H groups in total. The van der Waals surface area contributed by atoms with Crippen molar-refractivity contribution in [2.24, 2.45) is 5.92 Å². The lowest BCUT2D eigenvalue weighted by molar-refractivity contribution is -0.136. The first kappa shape index (κ1) is 21.3. The zero-order valence-electron chi connectivity index (χ0n) is 16.3. The van der Waals surface area contributed by atoms with Crippen molar-refractivity contribution in [1.29, 1.82) is 0 Å². The van der Waals surface area contributed by atoms with Crippen LogP contribution in [0.5, 0.6) is 0 Å². The van der Waals surface area contributed by atoms with E-state index in [9.17, 15) is 14.4 Å². The molecule has 3 amide bonds. The average Bonchev–Trinajstić information content (AvgIpc) is 2.45. The first-order valence-corrected chi connectivity index (χ1v) is 9.07. The number of amides is 3. The highest BCUT2D eigenvalue weighted by Gasteiger charge is 2.30. The SMILES string of the molecule is CC(C)N(C(=O)CNC(=O)OC(C)(C)C)[C@H](C)C[C@@H]1CCCNC1=O. The minimum absolute atomic E-state index is 0.0189. The van der Waals surface area contributed by atoms with Crippen LogP contribution in [-0.2, 0) is 14.3 Å². The number of hydrogen-bond donors (Lipinski definition) is 2. The van der Waals surface area contributed by atoms with E-state index in [2.05, 4.69) is 10.6 Å². The Bertz CT molecular complexity index is 485. The molecule has 0 saturated carbocycles. The molecule has 0 aromatic heterocycles. The van der Waals surface area contributed by atoms with Gasteiger partial charge in [0.15, 0.2) is 0 Å². The lowest BCUT2D eigenvalue weighted by Gasteiger charge is -2.35. The van der Waals surface area contributed by atoms with Crippen LogP contribution < -0.4 is 10.6 Å². The lowest BCUT2D eigenvalue weighted by atomic mass is 9.91. The maximum Gasteiger partial charge on any atom is 0.408 e. The highest BCUT2D eigenvalue weighted by Crippen LogP contribution is 2.21. The Morgan fingerprint density at radius 3 is 2.48 bits per heavy atom. The predicted octanol–water partition coefficient (Wildman–Crippen LogP) is 2.05. The molecule has 0 bridgehead atoms. The molecular weight excluding hydrogens is 322 g/mol. The summed E-state index contributed by atoms with van der Waals surface area (Å²) in [7, 11) is 0. The topological polar surface area (TPSA) is 87.7 Å². The Hall–Kier alpha value is -1.79. The number of nitrogens with one attached hydrogen (secondary N) is 2. The van der Waals surface area contributed by atoms with Gasteiger partial charge in [0.25, 0.3) is 0 Å². The van der Waals surface area contributed by atoms with Crippen LogP contribution in [0, 0.1) is 5.92 Å². The van der Waals surface area contributed by atoms with Crippen molar-refractivity contribution >= 4 is 17.9 Å². The first-order chi connectivity index (χ1) is 11.5. The molecule has 0 aromatic rings. The number of rotatable bonds is 6. The number of ether oxygens (including phenoxy) is 1. The van der Waals surface area contributed by atoms with Gasteiger partial charge in [-0.05, 0) is 60.8 Å². The fourth-order valence-corrected chi connectivity index (χ4v) is 3.18.